The molecule has 0 spiro atoms. The van der Waals surface area contributed by atoms with E-state index in [0.717, 1.165) is 47.0 Å². The lowest BCUT2D eigenvalue weighted by atomic mass is 9.89. The van der Waals surface area contributed by atoms with Crippen molar-refractivity contribution in [2.24, 2.45) is 5.92 Å². The van der Waals surface area contributed by atoms with Gasteiger partial charge in [0.15, 0.2) is 0 Å². The number of carbonyl (C=O) groups is 3. The summed E-state index contributed by atoms with van der Waals surface area (Å²) in [4.78, 5) is 70.0. The summed E-state index contributed by atoms with van der Waals surface area (Å²) in [6, 6.07) is 10.3. The molecule has 1 aromatic carbocycles. The fourth-order valence-electron chi connectivity index (χ4n) is 7.54. The van der Waals surface area contributed by atoms with E-state index in [4.69, 9.17) is 5.26 Å². The molecular formula is C33H37N6O6PS. The third-order valence-corrected chi connectivity index (χ3v) is 11.9. The molecule has 4 aliphatic rings. The fraction of sp³-hybridized carbons (Fsp3) is 0.485. The Kier molecular flexibility index (Phi) is 8.55. The van der Waals surface area contributed by atoms with E-state index in [1.165, 1.54) is 11.3 Å². The lowest BCUT2D eigenvalue weighted by Crippen LogP contribution is -2.54. The number of thiophene rings is 1. The zero-order chi connectivity index (χ0) is 32.9. The van der Waals surface area contributed by atoms with Gasteiger partial charge < -0.3 is 29.8 Å². The number of carbonyl (C=O) groups excluding carboxylic acids is 3. The Hall–Kier alpha value is -3.82. The second-order valence-electron chi connectivity index (χ2n) is 13.3. The molecule has 0 aliphatic carbocycles. The third kappa shape index (κ3) is 6.52. The van der Waals surface area contributed by atoms with Gasteiger partial charge in [0.25, 0.3) is 5.91 Å². The maximum Gasteiger partial charge on any atom is 0.329 e. The number of nitriles is 1. The third-order valence-electron chi connectivity index (χ3n) is 10.0. The van der Waals surface area contributed by atoms with Crippen molar-refractivity contribution in [2.75, 3.05) is 31.1 Å². The summed E-state index contributed by atoms with van der Waals surface area (Å²) < 4.78 is 12.2. The topological polar surface area (TPSA) is 167 Å². The Morgan fingerprint density at radius 2 is 1.89 bits per heavy atom. The molecule has 0 radical (unpaired) electrons. The van der Waals surface area contributed by atoms with E-state index >= 15 is 0 Å². The van der Waals surface area contributed by atoms with Crippen molar-refractivity contribution in [3.63, 3.8) is 0 Å². The highest BCUT2D eigenvalue weighted by Gasteiger charge is 2.44. The van der Waals surface area contributed by atoms with E-state index in [9.17, 15) is 28.7 Å². The van der Waals surface area contributed by atoms with Crippen molar-refractivity contribution in [3.05, 3.63) is 58.7 Å². The van der Waals surface area contributed by atoms with Crippen molar-refractivity contribution >= 4 is 52.4 Å². The highest BCUT2D eigenvalue weighted by Crippen LogP contribution is 2.41. The minimum atomic E-state index is -4.22. The van der Waals surface area contributed by atoms with Gasteiger partial charge in [0.1, 0.15) is 6.04 Å². The highest BCUT2D eigenvalue weighted by atomic mass is 32.1. The first-order chi connectivity index (χ1) is 22.6. The number of anilines is 1. The van der Waals surface area contributed by atoms with Gasteiger partial charge in [0, 0.05) is 78.9 Å². The number of likely N-dealkylation sites (tertiary alicyclic amines) is 1. The second-order valence-corrected chi connectivity index (χ2v) is 16.0. The van der Waals surface area contributed by atoms with Crippen LogP contribution in [0.5, 0.6) is 0 Å². The molecule has 12 nitrogen and oxygen atoms in total. The molecule has 2 aromatic heterocycles. The van der Waals surface area contributed by atoms with Crippen LogP contribution in [0.25, 0.3) is 10.1 Å². The van der Waals surface area contributed by atoms with Crippen LogP contribution in [0, 0.1) is 17.2 Å². The van der Waals surface area contributed by atoms with Crippen LogP contribution in [0.15, 0.2) is 42.7 Å². The Labute approximate surface area is 276 Å². The van der Waals surface area contributed by atoms with Gasteiger partial charge in [-0.2, -0.15) is 5.26 Å². The summed E-state index contributed by atoms with van der Waals surface area (Å²) in [7, 11) is -4.22. The molecule has 4 saturated heterocycles. The zero-order valence-electron chi connectivity index (χ0n) is 25.8. The minimum absolute atomic E-state index is 0.0341. The number of benzene rings is 1. The van der Waals surface area contributed by atoms with Gasteiger partial charge in [-0.3, -0.25) is 23.9 Å². The first-order valence-electron chi connectivity index (χ1n) is 16.1. The van der Waals surface area contributed by atoms with E-state index in [1.807, 2.05) is 22.1 Å². The molecule has 47 heavy (non-hydrogen) atoms. The van der Waals surface area contributed by atoms with Gasteiger partial charge in [-0.15, -0.1) is 11.3 Å². The number of fused-ring (bicyclic) bond motifs is 2. The van der Waals surface area contributed by atoms with Crippen LogP contribution in [0.3, 0.4) is 0 Å². The van der Waals surface area contributed by atoms with Crippen LogP contribution >= 0.6 is 18.9 Å². The SMILES string of the molecule is N#CC1CN(c2ccncc2C2CN(C(=O)C[C@@H]3CC[C@@H]4CCC[C@H](NC(=O)c5cc6cc(CP(=O)(O)O)ccc6s5)C(=O)N43)C2)C1. The number of amides is 3. The van der Waals surface area contributed by atoms with Crippen LogP contribution in [0.2, 0.25) is 0 Å². The quantitative estimate of drug-likeness (QED) is 0.302. The summed E-state index contributed by atoms with van der Waals surface area (Å²) in [6.07, 6.45) is 7.30. The first-order valence-corrected chi connectivity index (χ1v) is 18.7. The molecule has 14 heteroatoms. The van der Waals surface area contributed by atoms with Gasteiger partial charge in [-0.25, -0.2) is 0 Å². The predicted octanol–water partition coefficient (Wildman–Crippen LogP) is 3.59. The average molecular weight is 677 g/mol. The van der Waals surface area contributed by atoms with E-state index in [2.05, 4.69) is 21.3 Å². The van der Waals surface area contributed by atoms with E-state index in [1.54, 1.807) is 30.5 Å². The van der Waals surface area contributed by atoms with Gasteiger partial charge in [0.2, 0.25) is 11.8 Å². The summed E-state index contributed by atoms with van der Waals surface area (Å²) in [5.41, 5.74) is 2.69. The molecule has 3 amide bonds. The Morgan fingerprint density at radius 3 is 2.66 bits per heavy atom. The zero-order valence-corrected chi connectivity index (χ0v) is 27.5. The maximum absolute atomic E-state index is 13.9. The molecule has 0 bridgehead atoms. The highest BCUT2D eigenvalue weighted by molar-refractivity contribution is 7.50. The Morgan fingerprint density at radius 1 is 1.09 bits per heavy atom. The van der Waals surface area contributed by atoms with Crippen molar-refractivity contribution in [1.82, 2.24) is 20.1 Å². The lowest BCUT2D eigenvalue weighted by molar-refractivity contribution is -0.140. The molecule has 246 valence electrons. The summed E-state index contributed by atoms with van der Waals surface area (Å²) in [5.74, 6) is -0.213. The molecule has 4 fully saturated rings. The van der Waals surface area contributed by atoms with E-state index < -0.39 is 13.6 Å². The number of aromatic nitrogens is 1. The summed E-state index contributed by atoms with van der Waals surface area (Å²) in [5, 5.41) is 12.8. The minimum Gasteiger partial charge on any atom is -0.368 e. The van der Waals surface area contributed by atoms with Crippen molar-refractivity contribution in [3.8, 4) is 6.07 Å². The molecule has 0 unspecified atom stereocenters. The maximum atomic E-state index is 13.9. The number of nitrogens with one attached hydrogen (secondary N) is 1. The van der Waals surface area contributed by atoms with Gasteiger partial charge in [0.05, 0.1) is 23.0 Å². The molecule has 3 aromatic rings. The monoisotopic (exact) mass is 676 g/mol. The number of hydrogen-bond donors (Lipinski definition) is 3. The number of hydrogen-bond acceptors (Lipinski definition) is 8. The molecule has 0 saturated carbocycles. The largest absolute Gasteiger partial charge is 0.368 e. The predicted molar refractivity (Wildman–Crippen MR) is 176 cm³/mol. The van der Waals surface area contributed by atoms with Gasteiger partial charge in [-0.1, -0.05) is 6.07 Å². The molecule has 4 aliphatic heterocycles. The van der Waals surface area contributed by atoms with Gasteiger partial charge >= 0.3 is 7.60 Å². The fourth-order valence-corrected chi connectivity index (χ4v) is 9.16. The van der Waals surface area contributed by atoms with E-state index in [-0.39, 0.29) is 54.2 Å². The summed E-state index contributed by atoms with van der Waals surface area (Å²) in [6.45, 7) is 2.63. The normalized spacial score (nSPS) is 23.6. The summed E-state index contributed by atoms with van der Waals surface area (Å²) >= 11 is 1.27. The van der Waals surface area contributed by atoms with Crippen molar-refractivity contribution in [1.29, 1.82) is 5.26 Å². The average Bonchev–Trinajstić information content (AvgIpc) is 3.54. The number of rotatable bonds is 8. The molecule has 3 atom stereocenters. The van der Waals surface area contributed by atoms with Crippen LogP contribution in [-0.4, -0.2) is 86.6 Å². The Balaban J connectivity index is 0.970. The number of nitrogens with zero attached hydrogens (tertiary/aromatic N) is 5. The molecule has 6 heterocycles. The van der Waals surface area contributed by atoms with Gasteiger partial charge in [-0.05, 0) is 67.3 Å². The number of pyridine rings is 1. The van der Waals surface area contributed by atoms with E-state index in [0.29, 0.717) is 43.0 Å². The van der Waals surface area contributed by atoms with Crippen LogP contribution in [0.1, 0.15) is 65.2 Å². The van der Waals surface area contributed by atoms with Crippen molar-refractivity contribution in [2.45, 2.75) is 68.7 Å². The molecule has 7 rings (SSSR count). The standard InChI is InChI=1S/C33H37N6O6PS/c34-13-21-15-37(16-21)28-8-9-35-14-26(28)23-17-38(18-23)31(40)12-25-6-5-24-2-1-3-27(33(42)39(24)25)36-32(41)30-11-22-10-20(19-46(43,44)45)4-7-29(22)47-30/h4,7-11,14,21,23-25,27H,1-3,5-6,12,15-19H2,(H,36,41)(H2,43,44,45)/t24-,25-,27-/m0/s1. The smallest absolute Gasteiger partial charge is 0.329 e. The lowest BCUT2D eigenvalue weighted by Gasteiger charge is -2.44. The first kappa shape index (κ1) is 31.8. The Bertz CT molecular complexity index is 1810. The molecular weight excluding hydrogens is 639 g/mol. The van der Waals surface area contributed by atoms with Crippen molar-refractivity contribution < 1.29 is 28.7 Å². The van der Waals surface area contributed by atoms with Crippen LogP contribution in [0.4, 0.5) is 5.69 Å². The molecule has 3 N–H and O–H groups in total. The second kappa shape index (κ2) is 12.7. The van der Waals surface area contributed by atoms with Crippen LogP contribution in [-0.2, 0) is 20.3 Å². The van der Waals surface area contributed by atoms with Crippen LogP contribution < -0.4 is 10.2 Å².